The van der Waals surface area contributed by atoms with Crippen molar-refractivity contribution in [1.82, 2.24) is 0 Å². The molecule has 130 valence electrons. The average molecular weight is 336 g/mol. The molecule has 2 aromatic rings. The number of para-hydroxylation sites is 1. The SMILES string of the molecule is O=C1C[C@H](Cc2ccc(N3CCOCC3)cc2)CN1c1ccccc1. The van der Waals surface area contributed by atoms with Crippen LogP contribution in [0.25, 0.3) is 0 Å². The number of carbonyl (C=O) groups is 1. The van der Waals surface area contributed by atoms with Gasteiger partial charge in [0.1, 0.15) is 0 Å². The van der Waals surface area contributed by atoms with Crippen molar-refractivity contribution < 1.29 is 9.53 Å². The quantitative estimate of drug-likeness (QED) is 0.860. The van der Waals surface area contributed by atoms with Crippen LogP contribution >= 0.6 is 0 Å². The molecule has 0 spiro atoms. The summed E-state index contributed by atoms with van der Waals surface area (Å²) >= 11 is 0. The number of nitrogens with zero attached hydrogens (tertiary/aromatic N) is 2. The molecule has 0 N–H and O–H groups in total. The molecule has 25 heavy (non-hydrogen) atoms. The van der Waals surface area contributed by atoms with Crippen LogP contribution in [0.3, 0.4) is 0 Å². The minimum atomic E-state index is 0.237. The lowest BCUT2D eigenvalue weighted by Crippen LogP contribution is -2.36. The molecule has 4 nitrogen and oxygen atoms in total. The Morgan fingerprint density at radius 2 is 1.64 bits per heavy atom. The number of hydrogen-bond acceptors (Lipinski definition) is 3. The smallest absolute Gasteiger partial charge is 0.227 e. The Morgan fingerprint density at radius 1 is 0.920 bits per heavy atom. The van der Waals surface area contributed by atoms with E-state index in [2.05, 4.69) is 29.2 Å². The molecule has 0 unspecified atom stereocenters. The van der Waals surface area contributed by atoms with E-state index in [-0.39, 0.29) is 5.91 Å². The van der Waals surface area contributed by atoms with Gasteiger partial charge in [-0.1, -0.05) is 30.3 Å². The van der Waals surface area contributed by atoms with Crippen molar-refractivity contribution in [1.29, 1.82) is 0 Å². The summed E-state index contributed by atoms with van der Waals surface area (Å²) in [7, 11) is 0. The van der Waals surface area contributed by atoms with E-state index in [1.807, 2.05) is 35.2 Å². The molecule has 2 saturated heterocycles. The zero-order valence-corrected chi connectivity index (χ0v) is 14.4. The van der Waals surface area contributed by atoms with E-state index in [0.717, 1.165) is 45.0 Å². The number of anilines is 2. The minimum Gasteiger partial charge on any atom is -0.378 e. The van der Waals surface area contributed by atoms with Gasteiger partial charge in [0.2, 0.25) is 5.91 Å². The fourth-order valence-electron chi connectivity index (χ4n) is 3.77. The number of hydrogen-bond donors (Lipinski definition) is 0. The molecule has 0 saturated carbocycles. The second-order valence-corrected chi connectivity index (χ2v) is 6.88. The maximum absolute atomic E-state index is 12.3. The summed E-state index contributed by atoms with van der Waals surface area (Å²) in [5.74, 6) is 0.628. The maximum atomic E-state index is 12.3. The van der Waals surface area contributed by atoms with E-state index in [1.54, 1.807) is 0 Å². The Hall–Kier alpha value is -2.33. The zero-order chi connectivity index (χ0) is 17.1. The second kappa shape index (κ2) is 7.28. The van der Waals surface area contributed by atoms with Crippen molar-refractivity contribution in [3.63, 3.8) is 0 Å². The van der Waals surface area contributed by atoms with Crippen LogP contribution in [0.15, 0.2) is 54.6 Å². The highest BCUT2D eigenvalue weighted by atomic mass is 16.5. The summed E-state index contributed by atoms with van der Waals surface area (Å²) in [4.78, 5) is 16.6. The Labute approximate surface area is 149 Å². The number of amides is 1. The molecule has 2 aromatic carbocycles. The van der Waals surface area contributed by atoms with Gasteiger partial charge in [0.05, 0.1) is 13.2 Å². The fourth-order valence-corrected chi connectivity index (χ4v) is 3.77. The zero-order valence-electron chi connectivity index (χ0n) is 14.4. The number of morpholine rings is 1. The first-order valence-corrected chi connectivity index (χ1v) is 9.06. The monoisotopic (exact) mass is 336 g/mol. The summed E-state index contributed by atoms with van der Waals surface area (Å²) in [6.45, 7) is 4.35. The second-order valence-electron chi connectivity index (χ2n) is 6.88. The highest BCUT2D eigenvalue weighted by Crippen LogP contribution is 2.27. The first-order chi connectivity index (χ1) is 12.3. The van der Waals surface area contributed by atoms with E-state index in [1.165, 1.54) is 11.3 Å². The molecule has 0 aliphatic carbocycles. The van der Waals surface area contributed by atoms with Gasteiger partial charge in [-0.3, -0.25) is 4.79 Å². The van der Waals surface area contributed by atoms with Crippen LogP contribution in [0.1, 0.15) is 12.0 Å². The summed E-state index contributed by atoms with van der Waals surface area (Å²) in [5, 5.41) is 0. The van der Waals surface area contributed by atoms with Crippen LogP contribution in [0.2, 0.25) is 0 Å². The number of carbonyl (C=O) groups excluding carboxylic acids is 1. The minimum absolute atomic E-state index is 0.237. The topological polar surface area (TPSA) is 32.8 Å². The third-order valence-electron chi connectivity index (χ3n) is 5.11. The number of ether oxygens (including phenoxy) is 1. The van der Waals surface area contributed by atoms with Crippen LogP contribution in [0, 0.1) is 5.92 Å². The van der Waals surface area contributed by atoms with E-state index in [0.29, 0.717) is 12.3 Å². The Bertz CT molecular complexity index is 708. The van der Waals surface area contributed by atoms with Gasteiger partial charge < -0.3 is 14.5 Å². The predicted molar refractivity (Wildman–Crippen MR) is 100 cm³/mol. The standard InChI is InChI=1S/C21H24N2O2/c24-21-15-18(16-23(21)20-4-2-1-3-5-20)14-17-6-8-19(9-7-17)22-10-12-25-13-11-22/h1-9,18H,10-16H2/t18-/m0/s1. The third-order valence-corrected chi connectivity index (χ3v) is 5.11. The highest BCUT2D eigenvalue weighted by Gasteiger charge is 2.30. The third kappa shape index (κ3) is 3.69. The Morgan fingerprint density at radius 3 is 2.36 bits per heavy atom. The van der Waals surface area contributed by atoms with E-state index < -0.39 is 0 Å². The van der Waals surface area contributed by atoms with E-state index in [9.17, 15) is 4.79 Å². The Kier molecular flexibility index (Phi) is 4.70. The average Bonchev–Trinajstić information content (AvgIpc) is 3.04. The van der Waals surface area contributed by atoms with Crippen molar-refractivity contribution in [2.45, 2.75) is 12.8 Å². The molecular formula is C21H24N2O2. The molecule has 0 aromatic heterocycles. The van der Waals surface area contributed by atoms with Crippen LogP contribution in [-0.2, 0) is 16.0 Å². The lowest BCUT2D eigenvalue weighted by molar-refractivity contribution is -0.117. The molecular weight excluding hydrogens is 312 g/mol. The number of rotatable bonds is 4. The molecule has 1 amide bonds. The van der Waals surface area contributed by atoms with Crippen molar-refractivity contribution in [2.24, 2.45) is 5.92 Å². The van der Waals surface area contributed by atoms with Gasteiger partial charge in [0, 0.05) is 37.4 Å². The van der Waals surface area contributed by atoms with Crippen LogP contribution in [-0.4, -0.2) is 38.8 Å². The molecule has 2 aliphatic heterocycles. The Balaban J connectivity index is 1.38. The van der Waals surface area contributed by atoms with Crippen molar-refractivity contribution in [3.05, 3.63) is 60.2 Å². The van der Waals surface area contributed by atoms with E-state index >= 15 is 0 Å². The highest BCUT2D eigenvalue weighted by molar-refractivity contribution is 5.95. The predicted octanol–water partition coefficient (Wildman–Crippen LogP) is 3.12. The summed E-state index contributed by atoms with van der Waals surface area (Å²) in [6, 6.07) is 18.8. The van der Waals surface area contributed by atoms with E-state index in [4.69, 9.17) is 4.74 Å². The van der Waals surface area contributed by atoms with Gasteiger partial charge in [0.25, 0.3) is 0 Å². The van der Waals surface area contributed by atoms with Gasteiger partial charge in [-0.25, -0.2) is 0 Å². The fraction of sp³-hybridized carbons (Fsp3) is 0.381. The lowest BCUT2D eigenvalue weighted by atomic mass is 9.98. The van der Waals surface area contributed by atoms with Crippen LogP contribution in [0.5, 0.6) is 0 Å². The summed E-state index contributed by atoms with van der Waals surface area (Å²) in [6.07, 6.45) is 1.60. The van der Waals surface area contributed by atoms with Crippen molar-refractivity contribution in [3.8, 4) is 0 Å². The molecule has 2 aliphatic rings. The lowest BCUT2D eigenvalue weighted by Gasteiger charge is -2.29. The summed E-state index contributed by atoms with van der Waals surface area (Å²) in [5.41, 5.74) is 3.59. The van der Waals surface area contributed by atoms with Crippen molar-refractivity contribution >= 4 is 17.3 Å². The molecule has 1 atom stereocenters. The molecule has 2 fully saturated rings. The van der Waals surface area contributed by atoms with Crippen LogP contribution in [0.4, 0.5) is 11.4 Å². The molecule has 4 heteroatoms. The molecule has 2 heterocycles. The van der Waals surface area contributed by atoms with Gasteiger partial charge in [-0.05, 0) is 42.2 Å². The first-order valence-electron chi connectivity index (χ1n) is 9.06. The van der Waals surface area contributed by atoms with Crippen molar-refractivity contribution in [2.75, 3.05) is 42.6 Å². The van der Waals surface area contributed by atoms with Gasteiger partial charge >= 0.3 is 0 Å². The molecule has 0 bridgehead atoms. The number of benzene rings is 2. The molecule has 0 radical (unpaired) electrons. The van der Waals surface area contributed by atoms with Gasteiger partial charge in [-0.15, -0.1) is 0 Å². The van der Waals surface area contributed by atoms with Crippen LogP contribution < -0.4 is 9.80 Å². The van der Waals surface area contributed by atoms with Gasteiger partial charge in [0.15, 0.2) is 0 Å². The first kappa shape index (κ1) is 16.2. The normalized spacial score (nSPS) is 21.0. The molecule has 4 rings (SSSR count). The summed E-state index contributed by atoms with van der Waals surface area (Å²) < 4.78 is 5.41. The largest absolute Gasteiger partial charge is 0.378 e. The van der Waals surface area contributed by atoms with Gasteiger partial charge in [-0.2, -0.15) is 0 Å². The maximum Gasteiger partial charge on any atom is 0.227 e.